The number of nitrogens with two attached hydrogens (primary N) is 1. The summed E-state index contributed by atoms with van der Waals surface area (Å²) in [5.41, 5.74) is 5.15. The molecule has 0 aliphatic carbocycles. The van der Waals surface area contributed by atoms with Gasteiger partial charge in [0, 0.05) is 0 Å². The average Bonchev–Trinajstić information content (AvgIpc) is 2.17. The van der Waals surface area contributed by atoms with Gasteiger partial charge in [0.25, 0.3) is 0 Å². The number of primary amides is 1. The van der Waals surface area contributed by atoms with E-state index in [0.717, 1.165) is 19.4 Å². The molecule has 0 radical (unpaired) electrons. The maximum absolute atomic E-state index is 11.3. The zero-order valence-electron chi connectivity index (χ0n) is 9.51. The first kappa shape index (κ1) is 13.9. The molecule has 0 rings (SSSR count). The van der Waals surface area contributed by atoms with Crippen LogP contribution in [0, 0.1) is 0 Å². The highest BCUT2D eigenvalue weighted by molar-refractivity contribution is 5.87. The van der Waals surface area contributed by atoms with Crippen molar-refractivity contribution >= 4 is 11.8 Å². The lowest BCUT2D eigenvalue weighted by molar-refractivity contribution is -0.127. The van der Waals surface area contributed by atoms with Gasteiger partial charge < -0.3 is 16.4 Å². The average molecular weight is 215 g/mol. The molecule has 0 saturated carbocycles. The third-order valence-electron chi connectivity index (χ3n) is 1.97. The number of amides is 2. The predicted molar refractivity (Wildman–Crippen MR) is 59.2 cm³/mol. The number of hydrogen-bond donors (Lipinski definition) is 3. The molecule has 0 bridgehead atoms. The maximum Gasteiger partial charge on any atom is 0.240 e. The van der Waals surface area contributed by atoms with Crippen LogP contribution < -0.4 is 16.4 Å². The third-order valence-corrected chi connectivity index (χ3v) is 1.97. The van der Waals surface area contributed by atoms with Crippen LogP contribution in [-0.4, -0.2) is 30.9 Å². The Labute approximate surface area is 90.8 Å². The molecule has 0 spiro atoms. The van der Waals surface area contributed by atoms with E-state index < -0.39 is 11.9 Å². The minimum Gasteiger partial charge on any atom is -0.368 e. The van der Waals surface area contributed by atoms with Gasteiger partial charge in [-0.2, -0.15) is 0 Å². The Hall–Kier alpha value is -1.10. The van der Waals surface area contributed by atoms with Crippen molar-refractivity contribution in [3.8, 4) is 0 Å². The normalized spacial score (nSPS) is 12.1. The standard InChI is InChI=1S/C10H21N3O2/c1-3-5-8(10(11)15)13-9(14)7-12-6-4-2/h8,12H,3-7H2,1-2H3,(H2,11,15)(H,13,14). The van der Waals surface area contributed by atoms with Gasteiger partial charge in [-0.25, -0.2) is 0 Å². The van der Waals surface area contributed by atoms with Crippen molar-refractivity contribution in [3.05, 3.63) is 0 Å². The Kier molecular flexibility index (Phi) is 7.62. The predicted octanol–water partition coefficient (Wildman–Crippen LogP) is -0.244. The molecule has 0 aliphatic heterocycles. The smallest absolute Gasteiger partial charge is 0.240 e. The van der Waals surface area contributed by atoms with E-state index in [1.165, 1.54) is 0 Å². The van der Waals surface area contributed by atoms with E-state index in [2.05, 4.69) is 10.6 Å². The van der Waals surface area contributed by atoms with Crippen molar-refractivity contribution in [1.82, 2.24) is 10.6 Å². The summed E-state index contributed by atoms with van der Waals surface area (Å²) in [7, 11) is 0. The Bertz CT molecular complexity index is 207. The van der Waals surface area contributed by atoms with Gasteiger partial charge in [-0.1, -0.05) is 20.3 Å². The van der Waals surface area contributed by atoms with Crippen LogP contribution in [0.1, 0.15) is 33.1 Å². The fraction of sp³-hybridized carbons (Fsp3) is 0.800. The summed E-state index contributed by atoms with van der Waals surface area (Å²) >= 11 is 0. The number of carbonyl (C=O) groups excluding carboxylic acids is 2. The van der Waals surface area contributed by atoms with E-state index in [4.69, 9.17) is 5.73 Å². The molecule has 88 valence electrons. The number of carbonyl (C=O) groups is 2. The van der Waals surface area contributed by atoms with Crippen LogP contribution >= 0.6 is 0 Å². The fourth-order valence-electron chi connectivity index (χ4n) is 1.20. The quantitative estimate of drug-likeness (QED) is 0.488. The van der Waals surface area contributed by atoms with Gasteiger partial charge in [0.15, 0.2) is 0 Å². The van der Waals surface area contributed by atoms with Crippen molar-refractivity contribution < 1.29 is 9.59 Å². The first-order valence-corrected chi connectivity index (χ1v) is 5.41. The van der Waals surface area contributed by atoms with Crippen molar-refractivity contribution in [2.45, 2.75) is 39.2 Å². The van der Waals surface area contributed by atoms with E-state index in [9.17, 15) is 9.59 Å². The van der Waals surface area contributed by atoms with Crippen LogP contribution in [0.15, 0.2) is 0 Å². The molecule has 0 heterocycles. The Balaban J connectivity index is 3.84. The molecule has 0 aromatic rings. The van der Waals surface area contributed by atoms with Crippen LogP contribution in [0.3, 0.4) is 0 Å². The lowest BCUT2D eigenvalue weighted by Crippen LogP contribution is -2.47. The van der Waals surface area contributed by atoms with Gasteiger partial charge in [-0.05, 0) is 19.4 Å². The van der Waals surface area contributed by atoms with Crippen molar-refractivity contribution in [3.63, 3.8) is 0 Å². The highest BCUT2D eigenvalue weighted by atomic mass is 16.2. The zero-order chi connectivity index (χ0) is 11.7. The van der Waals surface area contributed by atoms with Crippen LogP contribution in [0.4, 0.5) is 0 Å². The first-order valence-electron chi connectivity index (χ1n) is 5.41. The summed E-state index contributed by atoms with van der Waals surface area (Å²) in [6, 6.07) is -0.536. The minimum atomic E-state index is -0.536. The third kappa shape index (κ3) is 6.90. The van der Waals surface area contributed by atoms with Gasteiger partial charge in [0.2, 0.25) is 11.8 Å². The number of nitrogens with one attached hydrogen (secondary N) is 2. The summed E-state index contributed by atoms with van der Waals surface area (Å²) in [4.78, 5) is 22.3. The highest BCUT2D eigenvalue weighted by Gasteiger charge is 2.15. The molecule has 0 aliphatic rings. The maximum atomic E-state index is 11.3. The van der Waals surface area contributed by atoms with E-state index >= 15 is 0 Å². The summed E-state index contributed by atoms with van der Waals surface area (Å²) < 4.78 is 0. The molecule has 0 aromatic carbocycles. The highest BCUT2D eigenvalue weighted by Crippen LogP contribution is 1.95. The van der Waals surface area contributed by atoms with Gasteiger partial charge >= 0.3 is 0 Å². The first-order chi connectivity index (χ1) is 7.11. The Morgan fingerprint density at radius 2 is 1.93 bits per heavy atom. The molecule has 0 aromatic heterocycles. The van der Waals surface area contributed by atoms with Crippen LogP contribution in [0.25, 0.3) is 0 Å². The van der Waals surface area contributed by atoms with E-state index in [1.54, 1.807) is 0 Å². The number of hydrogen-bond acceptors (Lipinski definition) is 3. The number of rotatable bonds is 8. The van der Waals surface area contributed by atoms with E-state index in [0.29, 0.717) is 6.42 Å². The van der Waals surface area contributed by atoms with Crippen molar-refractivity contribution in [1.29, 1.82) is 0 Å². The molecule has 0 fully saturated rings. The van der Waals surface area contributed by atoms with Gasteiger partial charge in [0.1, 0.15) is 6.04 Å². The Morgan fingerprint density at radius 1 is 1.27 bits per heavy atom. The summed E-state index contributed by atoms with van der Waals surface area (Å²) in [5, 5.41) is 5.56. The molecule has 1 atom stereocenters. The van der Waals surface area contributed by atoms with Crippen molar-refractivity contribution in [2.75, 3.05) is 13.1 Å². The molecule has 4 N–H and O–H groups in total. The topological polar surface area (TPSA) is 84.2 Å². The summed E-state index contributed by atoms with van der Waals surface area (Å²) in [5.74, 6) is -0.651. The van der Waals surface area contributed by atoms with Crippen molar-refractivity contribution in [2.24, 2.45) is 5.73 Å². The Morgan fingerprint density at radius 3 is 2.40 bits per heavy atom. The molecule has 1 unspecified atom stereocenters. The molecular formula is C10H21N3O2. The fourth-order valence-corrected chi connectivity index (χ4v) is 1.20. The summed E-state index contributed by atoms with van der Waals surface area (Å²) in [6.45, 7) is 5.00. The SMILES string of the molecule is CCCNCC(=O)NC(CCC)C(N)=O. The minimum absolute atomic E-state index is 0.180. The van der Waals surface area contributed by atoms with Gasteiger partial charge in [-0.3, -0.25) is 9.59 Å². The van der Waals surface area contributed by atoms with E-state index in [1.807, 2.05) is 13.8 Å². The van der Waals surface area contributed by atoms with Crippen LogP contribution in [0.5, 0.6) is 0 Å². The lowest BCUT2D eigenvalue weighted by atomic mass is 10.1. The van der Waals surface area contributed by atoms with Crippen LogP contribution in [-0.2, 0) is 9.59 Å². The molecular weight excluding hydrogens is 194 g/mol. The second kappa shape index (κ2) is 8.23. The van der Waals surface area contributed by atoms with Gasteiger partial charge in [0.05, 0.1) is 6.54 Å². The molecule has 15 heavy (non-hydrogen) atoms. The van der Waals surface area contributed by atoms with Crippen LogP contribution in [0.2, 0.25) is 0 Å². The van der Waals surface area contributed by atoms with E-state index in [-0.39, 0.29) is 12.5 Å². The van der Waals surface area contributed by atoms with Gasteiger partial charge in [-0.15, -0.1) is 0 Å². The molecule has 5 nitrogen and oxygen atoms in total. The summed E-state index contributed by atoms with van der Waals surface area (Å²) in [6.07, 6.45) is 2.38. The molecule has 2 amide bonds. The monoisotopic (exact) mass is 215 g/mol. The molecule has 5 heteroatoms. The second-order valence-electron chi connectivity index (χ2n) is 3.49. The largest absolute Gasteiger partial charge is 0.368 e. The second-order valence-corrected chi connectivity index (χ2v) is 3.49. The lowest BCUT2D eigenvalue weighted by Gasteiger charge is -2.14. The zero-order valence-corrected chi connectivity index (χ0v) is 9.51. The molecule has 0 saturated heterocycles.